The van der Waals surface area contributed by atoms with Crippen LogP contribution in [-0.4, -0.2) is 26.9 Å². The Morgan fingerprint density at radius 3 is 2.61 bits per heavy atom. The Hall–Kier alpha value is -3.67. The van der Waals surface area contributed by atoms with Crippen molar-refractivity contribution in [1.82, 2.24) is 14.7 Å². The van der Waals surface area contributed by atoms with Gasteiger partial charge in [-0.25, -0.2) is 9.37 Å². The molecule has 0 atom stereocenters. The standard InChI is InChI=1S/C25H24FN3O2/c1-16-3-10-23-28-25(19-6-9-21(26)17(2)13-19)22(29(23)15-16)14-24(31)27-12-11-18-4-7-20(30)8-5-18/h3-10,13,15,30H,11-12,14H2,1-2H3,(H,27,31). The first-order valence-corrected chi connectivity index (χ1v) is 10.2. The van der Waals surface area contributed by atoms with E-state index in [1.807, 2.05) is 41.8 Å². The van der Waals surface area contributed by atoms with E-state index in [0.29, 0.717) is 24.2 Å². The number of aryl methyl sites for hydroxylation is 2. The first-order valence-electron chi connectivity index (χ1n) is 10.2. The van der Waals surface area contributed by atoms with Gasteiger partial charge in [-0.2, -0.15) is 0 Å². The molecule has 0 aliphatic carbocycles. The molecule has 0 fully saturated rings. The van der Waals surface area contributed by atoms with Crippen molar-refractivity contribution in [2.75, 3.05) is 6.54 Å². The van der Waals surface area contributed by atoms with Gasteiger partial charge in [-0.05, 0) is 73.4 Å². The second-order valence-corrected chi connectivity index (χ2v) is 7.75. The number of hydrogen-bond acceptors (Lipinski definition) is 3. The number of aromatic hydroxyl groups is 1. The van der Waals surface area contributed by atoms with Crippen LogP contribution in [0.25, 0.3) is 16.9 Å². The van der Waals surface area contributed by atoms with E-state index in [4.69, 9.17) is 4.98 Å². The average molecular weight is 417 g/mol. The molecule has 2 aromatic heterocycles. The number of imidazole rings is 1. The number of nitrogens with one attached hydrogen (secondary N) is 1. The van der Waals surface area contributed by atoms with E-state index in [1.165, 1.54) is 6.07 Å². The summed E-state index contributed by atoms with van der Waals surface area (Å²) in [5, 5.41) is 12.3. The van der Waals surface area contributed by atoms with E-state index >= 15 is 0 Å². The fourth-order valence-corrected chi connectivity index (χ4v) is 3.62. The minimum absolute atomic E-state index is 0.109. The van der Waals surface area contributed by atoms with Crippen LogP contribution in [0, 0.1) is 19.7 Å². The molecule has 0 saturated heterocycles. The van der Waals surface area contributed by atoms with Crippen LogP contribution >= 0.6 is 0 Å². The molecule has 2 aromatic carbocycles. The molecule has 4 aromatic rings. The zero-order chi connectivity index (χ0) is 22.0. The smallest absolute Gasteiger partial charge is 0.226 e. The van der Waals surface area contributed by atoms with Crippen molar-refractivity contribution < 1.29 is 14.3 Å². The number of phenolic OH excluding ortho intramolecular Hbond substituents is 1. The Balaban J connectivity index is 1.57. The number of benzene rings is 2. The molecule has 5 nitrogen and oxygen atoms in total. The highest BCUT2D eigenvalue weighted by atomic mass is 19.1. The summed E-state index contributed by atoms with van der Waals surface area (Å²) in [5.74, 6) is -0.154. The summed E-state index contributed by atoms with van der Waals surface area (Å²) in [4.78, 5) is 17.5. The molecule has 0 bridgehead atoms. The molecule has 0 radical (unpaired) electrons. The fraction of sp³-hybridized carbons (Fsp3) is 0.200. The Morgan fingerprint density at radius 2 is 1.87 bits per heavy atom. The molecule has 158 valence electrons. The van der Waals surface area contributed by atoms with Crippen LogP contribution in [0.4, 0.5) is 4.39 Å². The largest absolute Gasteiger partial charge is 0.508 e. The number of carbonyl (C=O) groups is 1. The van der Waals surface area contributed by atoms with Gasteiger partial charge >= 0.3 is 0 Å². The number of halogens is 1. The highest BCUT2D eigenvalue weighted by Crippen LogP contribution is 2.27. The number of aromatic nitrogens is 2. The normalized spacial score (nSPS) is 11.1. The SMILES string of the molecule is Cc1ccc2nc(-c3ccc(F)c(C)c3)c(CC(=O)NCCc3ccc(O)cc3)n2c1. The molecule has 0 unspecified atom stereocenters. The highest BCUT2D eigenvalue weighted by Gasteiger charge is 2.18. The van der Waals surface area contributed by atoms with Crippen LogP contribution in [0.3, 0.4) is 0 Å². The zero-order valence-corrected chi connectivity index (χ0v) is 17.5. The third-order valence-corrected chi connectivity index (χ3v) is 5.30. The molecule has 2 N–H and O–H groups in total. The number of nitrogens with zero attached hydrogens (tertiary/aromatic N) is 2. The molecule has 0 saturated carbocycles. The Morgan fingerprint density at radius 1 is 1.10 bits per heavy atom. The molecule has 0 aliphatic rings. The fourth-order valence-electron chi connectivity index (χ4n) is 3.62. The topological polar surface area (TPSA) is 66.6 Å². The summed E-state index contributed by atoms with van der Waals surface area (Å²) < 4.78 is 15.7. The summed E-state index contributed by atoms with van der Waals surface area (Å²) in [6.45, 7) is 4.20. The van der Waals surface area contributed by atoms with Crippen molar-refractivity contribution in [3.05, 3.63) is 89.0 Å². The maximum Gasteiger partial charge on any atom is 0.226 e. The average Bonchev–Trinajstić information content (AvgIpc) is 3.09. The van der Waals surface area contributed by atoms with Gasteiger partial charge in [-0.1, -0.05) is 18.2 Å². The number of rotatable bonds is 6. The quantitative estimate of drug-likeness (QED) is 0.490. The molecular formula is C25H24FN3O2. The van der Waals surface area contributed by atoms with Gasteiger partial charge in [0.15, 0.2) is 0 Å². The van der Waals surface area contributed by atoms with Gasteiger partial charge in [-0.15, -0.1) is 0 Å². The Kier molecular flexibility index (Phi) is 5.71. The molecular weight excluding hydrogens is 393 g/mol. The second-order valence-electron chi connectivity index (χ2n) is 7.75. The predicted molar refractivity (Wildman–Crippen MR) is 119 cm³/mol. The maximum absolute atomic E-state index is 13.8. The first kappa shape index (κ1) is 20.6. The van der Waals surface area contributed by atoms with Gasteiger partial charge in [0.25, 0.3) is 0 Å². The van der Waals surface area contributed by atoms with Crippen molar-refractivity contribution in [3.8, 4) is 17.0 Å². The van der Waals surface area contributed by atoms with Gasteiger partial charge in [0.2, 0.25) is 5.91 Å². The van der Waals surface area contributed by atoms with Gasteiger partial charge in [-0.3, -0.25) is 4.79 Å². The van der Waals surface area contributed by atoms with Crippen molar-refractivity contribution >= 4 is 11.6 Å². The molecule has 0 aliphatic heterocycles. The number of carbonyl (C=O) groups excluding carboxylic acids is 1. The van der Waals surface area contributed by atoms with E-state index in [-0.39, 0.29) is 23.9 Å². The summed E-state index contributed by atoms with van der Waals surface area (Å²) in [7, 11) is 0. The van der Waals surface area contributed by atoms with E-state index in [1.54, 1.807) is 31.2 Å². The summed E-state index contributed by atoms with van der Waals surface area (Å²) in [6.07, 6.45) is 2.79. The third-order valence-electron chi connectivity index (χ3n) is 5.30. The molecule has 1 amide bonds. The van der Waals surface area contributed by atoms with Gasteiger partial charge in [0, 0.05) is 18.3 Å². The van der Waals surface area contributed by atoms with E-state index in [9.17, 15) is 14.3 Å². The predicted octanol–water partition coefficient (Wildman–Crippen LogP) is 4.36. The van der Waals surface area contributed by atoms with Crippen molar-refractivity contribution in [2.24, 2.45) is 0 Å². The number of hydrogen-bond donors (Lipinski definition) is 2. The van der Waals surface area contributed by atoms with Gasteiger partial charge in [0.05, 0.1) is 17.8 Å². The minimum Gasteiger partial charge on any atom is -0.508 e. The number of phenols is 1. The van der Waals surface area contributed by atoms with E-state index in [0.717, 1.165) is 28.0 Å². The van der Waals surface area contributed by atoms with Crippen LogP contribution in [0.5, 0.6) is 5.75 Å². The summed E-state index contributed by atoms with van der Waals surface area (Å²) in [5.41, 5.74) is 5.61. The number of pyridine rings is 1. The lowest BCUT2D eigenvalue weighted by molar-refractivity contribution is -0.120. The molecule has 31 heavy (non-hydrogen) atoms. The third kappa shape index (κ3) is 4.58. The highest BCUT2D eigenvalue weighted by molar-refractivity contribution is 5.81. The van der Waals surface area contributed by atoms with Gasteiger partial charge in [0.1, 0.15) is 17.2 Å². The maximum atomic E-state index is 13.8. The van der Waals surface area contributed by atoms with E-state index in [2.05, 4.69) is 5.32 Å². The zero-order valence-electron chi connectivity index (χ0n) is 17.5. The minimum atomic E-state index is -0.267. The van der Waals surface area contributed by atoms with Gasteiger partial charge < -0.3 is 14.8 Å². The van der Waals surface area contributed by atoms with Crippen molar-refractivity contribution in [2.45, 2.75) is 26.7 Å². The van der Waals surface area contributed by atoms with Crippen LogP contribution in [-0.2, 0) is 17.6 Å². The van der Waals surface area contributed by atoms with E-state index < -0.39 is 0 Å². The lowest BCUT2D eigenvalue weighted by Crippen LogP contribution is -2.27. The summed E-state index contributed by atoms with van der Waals surface area (Å²) in [6, 6.07) is 15.7. The monoisotopic (exact) mass is 417 g/mol. The van der Waals surface area contributed by atoms with Crippen LogP contribution in [0.2, 0.25) is 0 Å². The van der Waals surface area contributed by atoms with Crippen LogP contribution in [0.1, 0.15) is 22.4 Å². The van der Waals surface area contributed by atoms with Crippen molar-refractivity contribution in [1.29, 1.82) is 0 Å². The molecule has 6 heteroatoms. The lowest BCUT2D eigenvalue weighted by Gasteiger charge is -2.09. The molecule has 0 spiro atoms. The van der Waals surface area contributed by atoms with Crippen LogP contribution < -0.4 is 5.32 Å². The first-order chi connectivity index (χ1) is 14.9. The summed E-state index contributed by atoms with van der Waals surface area (Å²) >= 11 is 0. The second kappa shape index (κ2) is 8.60. The Bertz CT molecular complexity index is 1250. The van der Waals surface area contributed by atoms with Crippen LogP contribution in [0.15, 0.2) is 60.8 Å². The Labute approximate surface area is 180 Å². The molecule has 2 heterocycles. The van der Waals surface area contributed by atoms with Crippen molar-refractivity contribution in [3.63, 3.8) is 0 Å². The number of fused-ring (bicyclic) bond motifs is 1. The number of amides is 1. The lowest BCUT2D eigenvalue weighted by atomic mass is 10.1. The molecule has 4 rings (SSSR count).